The van der Waals surface area contributed by atoms with Crippen molar-refractivity contribution in [2.45, 2.75) is 6.92 Å². The van der Waals surface area contributed by atoms with E-state index in [4.69, 9.17) is 5.73 Å². The van der Waals surface area contributed by atoms with Crippen LogP contribution >= 0.6 is 11.3 Å². The molecule has 112 valence electrons. The Bertz CT molecular complexity index is 892. The number of primary amides is 1. The molecule has 1 amide bonds. The molecule has 0 fully saturated rings. The van der Waals surface area contributed by atoms with E-state index in [2.05, 4.69) is 10.3 Å². The molecular formula is C15H11F2N3OS. The topological polar surface area (TPSA) is 68.0 Å². The predicted molar refractivity (Wildman–Crippen MR) is 82.5 cm³/mol. The summed E-state index contributed by atoms with van der Waals surface area (Å²) in [4.78, 5) is 16.1. The molecule has 4 nitrogen and oxygen atoms in total. The van der Waals surface area contributed by atoms with Crippen LogP contribution in [0.25, 0.3) is 10.2 Å². The number of thiophene rings is 1. The lowest BCUT2D eigenvalue weighted by atomic mass is 10.2. The van der Waals surface area contributed by atoms with Gasteiger partial charge in [-0.15, -0.1) is 0 Å². The van der Waals surface area contributed by atoms with Crippen molar-refractivity contribution in [3.8, 4) is 0 Å². The van der Waals surface area contributed by atoms with E-state index >= 15 is 0 Å². The molecule has 3 rings (SSSR count). The quantitative estimate of drug-likeness (QED) is 0.773. The molecule has 2 heterocycles. The van der Waals surface area contributed by atoms with Crippen molar-refractivity contribution in [1.29, 1.82) is 0 Å². The average molecular weight is 319 g/mol. The Morgan fingerprint density at radius 1 is 1.32 bits per heavy atom. The standard InChI is InChI=1S/C15H11F2N3OS/c1-7-2-3-11(10(17)4-7)20-15-12(13(18)21)9-5-8(16)6-19-14(9)22-15/h2-6,20H,1H3,(H2,18,21). The van der Waals surface area contributed by atoms with Gasteiger partial charge in [-0.25, -0.2) is 13.8 Å². The highest BCUT2D eigenvalue weighted by molar-refractivity contribution is 7.23. The molecule has 0 spiro atoms. The van der Waals surface area contributed by atoms with E-state index in [1.165, 1.54) is 12.1 Å². The molecule has 0 aliphatic carbocycles. The van der Waals surface area contributed by atoms with Gasteiger partial charge < -0.3 is 11.1 Å². The van der Waals surface area contributed by atoms with E-state index in [0.717, 1.165) is 23.1 Å². The van der Waals surface area contributed by atoms with E-state index in [1.54, 1.807) is 19.1 Å². The highest BCUT2D eigenvalue weighted by Gasteiger charge is 2.19. The summed E-state index contributed by atoms with van der Waals surface area (Å²) in [5, 5.41) is 3.49. The lowest BCUT2D eigenvalue weighted by molar-refractivity contribution is 0.100. The molecule has 0 atom stereocenters. The summed E-state index contributed by atoms with van der Waals surface area (Å²) >= 11 is 1.11. The Hall–Kier alpha value is -2.54. The van der Waals surface area contributed by atoms with Crippen LogP contribution in [0.15, 0.2) is 30.5 Å². The number of nitrogens with two attached hydrogens (primary N) is 1. The van der Waals surface area contributed by atoms with Crippen molar-refractivity contribution in [1.82, 2.24) is 4.98 Å². The van der Waals surface area contributed by atoms with Crippen LogP contribution in [0.2, 0.25) is 0 Å². The number of amides is 1. The van der Waals surface area contributed by atoms with Crippen LogP contribution in [-0.4, -0.2) is 10.9 Å². The molecule has 0 aliphatic heterocycles. The van der Waals surface area contributed by atoms with Crippen LogP contribution in [0.5, 0.6) is 0 Å². The number of hydrogen-bond donors (Lipinski definition) is 2. The molecule has 0 aliphatic rings. The zero-order chi connectivity index (χ0) is 15.9. The first-order valence-electron chi connectivity index (χ1n) is 6.36. The molecule has 0 unspecified atom stereocenters. The number of rotatable bonds is 3. The third-order valence-electron chi connectivity index (χ3n) is 3.13. The number of carbonyl (C=O) groups excluding carboxylic acids is 1. The molecule has 3 N–H and O–H groups in total. The molecule has 0 saturated heterocycles. The number of hydrogen-bond acceptors (Lipinski definition) is 4. The van der Waals surface area contributed by atoms with Gasteiger partial charge in [0, 0.05) is 5.39 Å². The van der Waals surface area contributed by atoms with Gasteiger partial charge in [-0.3, -0.25) is 4.79 Å². The fourth-order valence-corrected chi connectivity index (χ4v) is 3.18. The van der Waals surface area contributed by atoms with Gasteiger partial charge in [0.05, 0.1) is 17.4 Å². The van der Waals surface area contributed by atoms with Crippen LogP contribution in [0.3, 0.4) is 0 Å². The number of pyridine rings is 1. The van der Waals surface area contributed by atoms with Crippen LogP contribution in [0.4, 0.5) is 19.5 Å². The van der Waals surface area contributed by atoms with Crippen LogP contribution in [0.1, 0.15) is 15.9 Å². The summed E-state index contributed by atoms with van der Waals surface area (Å²) in [5.41, 5.74) is 6.46. The summed E-state index contributed by atoms with van der Waals surface area (Å²) in [6, 6.07) is 5.86. The zero-order valence-electron chi connectivity index (χ0n) is 11.5. The fraction of sp³-hybridized carbons (Fsp3) is 0.0667. The number of nitrogens with zero attached hydrogens (tertiary/aromatic N) is 1. The number of aryl methyl sites for hydroxylation is 1. The molecule has 0 radical (unpaired) electrons. The van der Waals surface area contributed by atoms with Crippen molar-refractivity contribution >= 4 is 38.1 Å². The maximum Gasteiger partial charge on any atom is 0.252 e. The van der Waals surface area contributed by atoms with E-state index in [9.17, 15) is 13.6 Å². The fourth-order valence-electron chi connectivity index (χ4n) is 2.13. The Morgan fingerprint density at radius 3 is 2.77 bits per heavy atom. The van der Waals surface area contributed by atoms with E-state index in [0.29, 0.717) is 15.2 Å². The third kappa shape index (κ3) is 2.50. The van der Waals surface area contributed by atoms with Crippen molar-refractivity contribution in [2.24, 2.45) is 5.73 Å². The summed E-state index contributed by atoms with van der Waals surface area (Å²) < 4.78 is 27.3. The van der Waals surface area contributed by atoms with Gasteiger partial charge in [-0.1, -0.05) is 17.4 Å². The summed E-state index contributed by atoms with van der Waals surface area (Å²) in [7, 11) is 0. The van der Waals surface area contributed by atoms with Crippen molar-refractivity contribution in [3.63, 3.8) is 0 Å². The summed E-state index contributed by atoms with van der Waals surface area (Å²) in [5.74, 6) is -1.75. The number of halogens is 2. The number of anilines is 2. The summed E-state index contributed by atoms with van der Waals surface area (Å²) in [6.45, 7) is 1.77. The van der Waals surface area contributed by atoms with Crippen LogP contribution in [-0.2, 0) is 0 Å². The van der Waals surface area contributed by atoms with E-state index < -0.39 is 17.5 Å². The zero-order valence-corrected chi connectivity index (χ0v) is 12.3. The lowest BCUT2D eigenvalue weighted by Gasteiger charge is -2.07. The normalized spacial score (nSPS) is 10.9. The number of fused-ring (bicyclic) bond motifs is 1. The first kappa shape index (κ1) is 14.4. The van der Waals surface area contributed by atoms with Gasteiger partial charge in [0.1, 0.15) is 21.5 Å². The van der Waals surface area contributed by atoms with Crippen LogP contribution < -0.4 is 11.1 Å². The van der Waals surface area contributed by atoms with Gasteiger partial charge in [-0.2, -0.15) is 0 Å². The number of benzene rings is 1. The second kappa shape index (κ2) is 5.34. The smallest absolute Gasteiger partial charge is 0.252 e. The second-order valence-electron chi connectivity index (χ2n) is 4.78. The Morgan fingerprint density at radius 2 is 2.09 bits per heavy atom. The first-order chi connectivity index (χ1) is 10.5. The minimum Gasteiger partial charge on any atom is -0.365 e. The monoisotopic (exact) mass is 319 g/mol. The molecule has 2 aromatic heterocycles. The highest BCUT2D eigenvalue weighted by atomic mass is 32.1. The number of carbonyl (C=O) groups is 1. The molecular weight excluding hydrogens is 308 g/mol. The average Bonchev–Trinajstić information content (AvgIpc) is 2.79. The highest BCUT2D eigenvalue weighted by Crippen LogP contribution is 2.36. The number of aromatic nitrogens is 1. The van der Waals surface area contributed by atoms with Crippen molar-refractivity contribution < 1.29 is 13.6 Å². The maximum atomic E-state index is 13.9. The second-order valence-corrected chi connectivity index (χ2v) is 5.78. The van der Waals surface area contributed by atoms with Gasteiger partial charge in [-0.05, 0) is 30.7 Å². The van der Waals surface area contributed by atoms with Crippen LogP contribution in [0, 0.1) is 18.6 Å². The summed E-state index contributed by atoms with van der Waals surface area (Å²) in [6.07, 6.45) is 1.06. The molecule has 0 saturated carbocycles. The van der Waals surface area contributed by atoms with Gasteiger partial charge >= 0.3 is 0 Å². The molecule has 22 heavy (non-hydrogen) atoms. The van der Waals surface area contributed by atoms with E-state index in [1.807, 2.05) is 0 Å². The largest absolute Gasteiger partial charge is 0.365 e. The molecule has 0 bridgehead atoms. The molecule has 7 heteroatoms. The Labute approximate surface area is 128 Å². The number of nitrogens with one attached hydrogen (secondary N) is 1. The molecule has 3 aromatic rings. The van der Waals surface area contributed by atoms with Crippen molar-refractivity contribution in [2.75, 3.05) is 5.32 Å². The van der Waals surface area contributed by atoms with Gasteiger partial charge in [0.25, 0.3) is 5.91 Å². The lowest BCUT2D eigenvalue weighted by Crippen LogP contribution is -2.12. The maximum absolute atomic E-state index is 13.9. The van der Waals surface area contributed by atoms with E-state index in [-0.39, 0.29) is 11.3 Å². The minimum atomic E-state index is -0.728. The first-order valence-corrected chi connectivity index (χ1v) is 7.18. The van der Waals surface area contributed by atoms with Crippen molar-refractivity contribution in [3.05, 3.63) is 53.2 Å². The minimum absolute atomic E-state index is 0.104. The Balaban J connectivity index is 2.14. The SMILES string of the molecule is Cc1ccc(Nc2sc3ncc(F)cc3c2C(N)=O)c(F)c1. The third-order valence-corrected chi connectivity index (χ3v) is 4.16. The molecule has 1 aromatic carbocycles. The Kier molecular flexibility index (Phi) is 3.50. The van der Waals surface area contributed by atoms with Gasteiger partial charge in [0.15, 0.2) is 0 Å². The van der Waals surface area contributed by atoms with Gasteiger partial charge in [0.2, 0.25) is 0 Å². The predicted octanol–water partition coefficient (Wildman–Crippen LogP) is 3.73.